The molecule has 4 heteroatoms. The summed E-state index contributed by atoms with van der Waals surface area (Å²) in [5.74, 6) is 0. The van der Waals surface area contributed by atoms with Crippen LogP contribution >= 0.6 is 15.9 Å². The summed E-state index contributed by atoms with van der Waals surface area (Å²) < 4.78 is 6.04. The molecule has 0 bridgehead atoms. The highest BCUT2D eigenvalue weighted by molar-refractivity contribution is 9.10. The quantitative estimate of drug-likeness (QED) is 0.684. The predicted molar refractivity (Wildman–Crippen MR) is 68.7 cm³/mol. The van der Waals surface area contributed by atoms with E-state index in [0.717, 1.165) is 21.4 Å². The number of nitrogens with one attached hydrogen (secondary N) is 1. The number of nitrogens with zero attached hydrogens (tertiary/aromatic N) is 1. The van der Waals surface area contributed by atoms with Crippen molar-refractivity contribution in [3.05, 3.63) is 52.9 Å². The monoisotopic (exact) mass is 278 g/mol. The third-order valence-corrected chi connectivity index (χ3v) is 2.66. The van der Waals surface area contributed by atoms with Crippen LogP contribution < -0.4 is 5.43 Å². The molecule has 2 rings (SSSR count). The third-order valence-electron chi connectivity index (χ3n) is 2.14. The van der Waals surface area contributed by atoms with Crippen LogP contribution in [0.1, 0.15) is 12.5 Å². The Morgan fingerprint density at radius 1 is 1.25 bits per heavy atom. The molecule has 3 nitrogen and oxygen atoms in total. The van der Waals surface area contributed by atoms with E-state index in [0.29, 0.717) is 0 Å². The van der Waals surface area contributed by atoms with Crippen molar-refractivity contribution in [3.63, 3.8) is 0 Å². The van der Waals surface area contributed by atoms with Gasteiger partial charge in [0.2, 0.25) is 0 Å². The molecule has 0 radical (unpaired) electrons. The molecule has 0 atom stereocenters. The maximum Gasteiger partial charge on any atom is 0.0993 e. The molecule has 0 fully saturated rings. The minimum Gasteiger partial charge on any atom is -0.472 e. The highest BCUT2D eigenvalue weighted by atomic mass is 79.9. The first-order valence-corrected chi connectivity index (χ1v) is 5.63. The molecule has 0 saturated carbocycles. The normalized spacial score (nSPS) is 11.5. The summed E-state index contributed by atoms with van der Waals surface area (Å²) >= 11 is 3.38. The molecule has 2 aromatic rings. The summed E-state index contributed by atoms with van der Waals surface area (Å²) in [6, 6.07) is 9.71. The molecule has 0 amide bonds. The van der Waals surface area contributed by atoms with E-state index in [9.17, 15) is 0 Å². The van der Waals surface area contributed by atoms with Crippen molar-refractivity contribution in [2.75, 3.05) is 5.43 Å². The molecule has 1 heterocycles. The lowest BCUT2D eigenvalue weighted by Gasteiger charge is -2.01. The maximum absolute atomic E-state index is 4.99. The largest absolute Gasteiger partial charge is 0.472 e. The standard InChI is InChI=1S/C12H11BrN2O/c1-9(10-6-7-16-8-10)14-15-12-4-2-11(13)3-5-12/h2-8,15H,1H3. The highest BCUT2D eigenvalue weighted by Gasteiger charge is 1.97. The minimum atomic E-state index is 0.886. The van der Waals surface area contributed by atoms with E-state index < -0.39 is 0 Å². The molecule has 0 aliphatic heterocycles. The zero-order valence-corrected chi connectivity index (χ0v) is 10.4. The van der Waals surface area contributed by atoms with E-state index in [1.165, 1.54) is 0 Å². The lowest BCUT2D eigenvalue weighted by atomic mass is 10.2. The molecular formula is C12H11BrN2O. The average molecular weight is 279 g/mol. The summed E-state index contributed by atoms with van der Waals surface area (Å²) in [7, 11) is 0. The molecule has 1 N–H and O–H groups in total. The second kappa shape index (κ2) is 4.99. The Bertz CT molecular complexity index is 474. The Kier molecular flexibility index (Phi) is 3.41. The van der Waals surface area contributed by atoms with Gasteiger partial charge in [0.1, 0.15) is 0 Å². The molecule has 0 aliphatic carbocycles. The average Bonchev–Trinajstić information content (AvgIpc) is 2.81. The number of hydrazone groups is 1. The van der Waals surface area contributed by atoms with Gasteiger partial charge in [-0.3, -0.25) is 5.43 Å². The number of anilines is 1. The topological polar surface area (TPSA) is 37.5 Å². The lowest BCUT2D eigenvalue weighted by molar-refractivity contribution is 0.567. The Labute approximate surface area is 102 Å². The maximum atomic E-state index is 4.99. The first-order chi connectivity index (χ1) is 7.75. The number of hydrogen-bond acceptors (Lipinski definition) is 3. The van der Waals surface area contributed by atoms with E-state index in [2.05, 4.69) is 26.5 Å². The molecule has 82 valence electrons. The highest BCUT2D eigenvalue weighted by Crippen LogP contribution is 2.14. The van der Waals surface area contributed by atoms with Gasteiger partial charge in [-0.05, 0) is 37.3 Å². The molecule has 1 aromatic heterocycles. The zero-order valence-electron chi connectivity index (χ0n) is 8.77. The van der Waals surface area contributed by atoms with Crippen molar-refractivity contribution in [3.8, 4) is 0 Å². The van der Waals surface area contributed by atoms with Gasteiger partial charge in [0.25, 0.3) is 0 Å². The van der Waals surface area contributed by atoms with E-state index in [1.54, 1.807) is 12.5 Å². The molecule has 0 unspecified atom stereocenters. The van der Waals surface area contributed by atoms with Crippen LogP contribution in [0.15, 0.2) is 56.8 Å². The smallest absolute Gasteiger partial charge is 0.0993 e. The fourth-order valence-corrected chi connectivity index (χ4v) is 1.47. The molecule has 0 aliphatic rings. The van der Waals surface area contributed by atoms with E-state index >= 15 is 0 Å². The molecule has 1 aromatic carbocycles. The Hall–Kier alpha value is -1.55. The van der Waals surface area contributed by atoms with Crippen LogP contribution in [0, 0.1) is 0 Å². The van der Waals surface area contributed by atoms with Crippen LogP contribution in [0.2, 0.25) is 0 Å². The van der Waals surface area contributed by atoms with Crippen LogP contribution in [0.25, 0.3) is 0 Å². The number of furan rings is 1. The first kappa shape index (κ1) is 11.0. The number of benzene rings is 1. The summed E-state index contributed by atoms with van der Waals surface area (Å²) in [6.45, 7) is 1.93. The van der Waals surface area contributed by atoms with Crippen molar-refractivity contribution in [2.45, 2.75) is 6.92 Å². The first-order valence-electron chi connectivity index (χ1n) is 4.84. The SMILES string of the molecule is CC(=NNc1ccc(Br)cc1)c1ccoc1. The van der Waals surface area contributed by atoms with Crippen LogP contribution in [-0.2, 0) is 0 Å². The van der Waals surface area contributed by atoms with E-state index in [1.807, 2.05) is 37.3 Å². The van der Waals surface area contributed by atoms with Gasteiger partial charge in [-0.2, -0.15) is 5.10 Å². The van der Waals surface area contributed by atoms with Gasteiger partial charge in [-0.15, -0.1) is 0 Å². The van der Waals surface area contributed by atoms with E-state index in [4.69, 9.17) is 4.42 Å². The fourth-order valence-electron chi connectivity index (χ4n) is 1.21. The molecule has 0 saturated heterocycles. The second-order valence-electron chi connectivity index (χ2n) is 3.33. The van der Waals surface area contributed by atoms with Gasteiger partial charge >= 0.3 is 0 Å². The summed E-state index contributed by atoms with van der Waals surface area (Å²) in [5, 5.41) is 4.26. The Balaban J connectivity index is 2.06. The molecule has 16 heavy (non-hydrogen) atoms. The van der Waals surface area contributed by atoms with Gasteiger partial charge in [0.15, 0.2) is 0 Å². The van der Waals surface area contributed by atoms with Crippen molar-refractivity contribution < 1.29 is 4.42 Å². The van der Waals surface area contributed by atoms with Crippen LogP contribution in [0.5, 0.6) is 0 Å². The van der Waals surface area contributed by atoms with Gasteiger partial charge < -0.3 is 4.42 Å². The summed E-state index contributed by atoms with van der Waals surface area (Å²) in [5.41, 5.74) is 5.80. The number of halogens is 1. The van der Waals surface area contributed by atoms with Crippen LogP contribution in [0.3, 0.4) is 0 Å². The van der Waals surface area contributed by atoms with Crippen molar-refractivity contribution >= 4 is 27.3 Å². The fraction of sp³-hybridized carbons (Fsp3) is 0.0833. The van der Waals surface area contributed by atoms with E-state index in [-0.39, 0.29) is 0 Å². The van der Waals surface area contributed by atoms with Crippen molar-refractivity contribution in [1.29, 1.82) is 0 Å². The lowest BCUT2D eigenvalue weighted by Crippen LogP contribution is -1.97. The number of rotatable bonds is 3. The van der Waals surface area contributed by atoms with Gasteiger partial charge in [-0.25, -0.2) is 0 Å². The minimum absolute atomic E-state index is 0.886. The van der Waals surface area contributed by atoms with Crippen LogP contribution in [-0.4, -0.2) is 5.71 Å². The van der Waals surface area contributed by atoms with Crippen molar-refractivity contribution in [2.24, 2.45) is 5.10 Å². The van der Waals surface area contributed by atoms with Crippen molar-refractivity contribution in [1.82, 2.24) is 0 Å². The van der Waals surface area contributed by atoms with Gasteiger partial charge in [0, 0.05) is 10.0 Å². The predicted octanol–water partition coefficient (Wildman–Crippen LogP) is 3.88. The zero-order chi connectivity index (χ0) is 11.4. The molecule has 0 spiro atoms. The Morgan fingerprint density at radius 2 is 2.00 bits per heavy atom. The third kappa shape index (κ3) is 2.73. The molecular weight excluding hydrogens is 268 g/mol. The van der Waals surface area contributed by atoms with Crippen LogP contribution in [0.4, 0.5) is 5.69 Å². The summed E-state index contributed by atoms with van der Waals surface area (Å²) in [4.78, 5) is 0. The number of hydrogen-bond donors (Lipinski definition) is 1. The second-order valence-corrected chi connectivity index (χ2v) is 4.24. The van der Waals surface area contributed by atoms with Gasteiger partial charge in [0.05, 0.1) is 23.9 Å². The Morgan fingerprint density at radius 3 is 2.62 bits per heavy atom. The van der Waals surface area contributed by atoms with Gasteiger partial charge in [-0.1, -0.05) is 15.9 Å². The summed E-state index contributed by atoms with van der Waals surface area (Å²) in [6.07, 6.45) is 3.30.